The summed E-state index contributed by atoms with van der Waals surface area (Å²) < 4.78 is 3.02. The van der Waals surface area contributed by atoms with Crippen LogP contribution < -0.4 is 10.6 Å². The van der Waals surface area contributed by atoms with Crippen molar-refractivity contribution in [2.45, 2.75) is 0 Å². The van der Waals surface area contributed by atoms with E-state index in [9.17, 15) is 4.79 Å². The van der Waals surface area contributed by atoms with Crippen molar-refractivity contribution in [2.24, 2.45) is 7.05 Å². The Kier molecular flexibility index (Phi) is 4.75. The number of carbonyl (C=O) groups is 1. The lowest BCUT2D eigenvalue weighted by atomic mass is 10.1. The van der Waals surface area contributed by atoms with E-state index in [1.807, 2.05) is 6.07 Å². The predicted octanol–water partition coefficient (Wildman–Crippen LogP) is 3.35. The molecule has 0 aliphatic heterocycles. The van der Waals surface area contributed by atoms with Gasteiger partial charge in [0.25, 0.3) is 0 Å². The van der Waals surface area contributed by atoms with Crippen LogP contribution >= 0.6 is 23.2 Å². The standard InChI is InChI=1S/C17H11Cl2N9O/c1-27-7-11(15(19)26-27)14-12(6-22-28-8-13(18)25-16(14)28)24-17(29)23-10-2-9(3-20)4-21-5-10/h2,4-8H,1H3,(H2,23,24,29). The monoisotopic (exact) mass is 427 g/mol. The van der Waals surface area contributed by atoms with Gasteiger partial charge in [0.05, 0.1) is 41.1 Å². The molecule has 144 valence electrons. The van der Waals surface area contributed by atoms with E-state index >= 15 is 0 Å². The maximum absolute atomic E-state index is 12.5. The molecule has 0 bridgehead atoms. The molecule has 0 aromatic carbocycles. The number of nitrogens with one attached hydrogen (secondary N) is 2. The smallest absolute Gasteiger partial charge is 0.306 e. The summed E-state index contributed by atoms with van der Waals surface area (Å²) in [7, 11) is 1.72. The van der Waals surface area contributed by atoms with E-state index in [1.54, 1.807) is 17.9 Å². The third-order valence-corrected chi connectivity index (χ3v) is 4.35. The summed E-state index contributed by atoms with van der Waals surface area (Å²) in [4.78, 5) is 20.7. The lowest BCUT2D eigenvalue weighted by Gasteiger charge is -2.12. The molecule has 4 rings (SSSR count). The number of carbonyl (C=O) groups excluding carboxylic acids is 1. The molecular weight excluding hydrogens is 417 g/mol. The second-order valence-corrected chi connectivity index (χ2v) is 6.67. The van der Waals surface area contributed by atoms with Crippen molar-refractivity contribution in [3.63, 3.8) is 0 Å². The molecule has 0 fully saturated rings. The molecule has 29 heavy (non-hydrogen) atoms. The second kappa shape index (κ2) is 7.38. The molecule has 0 spiro atoms. The third-order valence-electron chi connectivity index (χ3n) is 3.89. The Morgan fingerprint density at radius 2 is 2.03 bits per heavy atom. The summed E-state index contributed by atoms with van der Waals surface area (Å²) in [5.74, 6) is 0. The SMILES string of the molecule is Cn1cc(-c2c(NC(=O)Nc3cncc(C#N)c3)cnn3cc(Cl)nc23)c(Cl)n1. The van der Waals surface area contributed by atoms with Gasteiger partial charge in [-0.15, -0.1) is 0 Å². The summed E-state index contributed by atoms with van der Waals surface area (Å²) in [5, 5.41) is 23.1. The first-order valence-corrected chi connectivity index (χ1v) is 8.86. The molecule has 0 radical (unpaired) electrons. The van der Waals surface area contributed by atoms with E-state index in [2.05, 4.69) is 30.8 Å². The summed E-state index contributed by atoms with van der Waals surface area (Å²) >= 11 is 12.3. The van der Waals surface area contributed by atoms with Crippen molar-refractivity contribution in [2.75, 3.05) is 10.6 Å². The molecule has 0 saturated carbocycles. The highest BCUT2D eigenvalue weighted by molar-refractivity contribution is 6.33. The Balaban J connectivity index is 1.73. The van der Waals surface area contributed by atoms with Crippen molar-refractivity contribution in [1.82, 2.24) is 29.4 Å². The average molecular weight is 428 g/mol. The van der Waals surface area contributed by atoms with Crippen LogP contribution in [0.1, 0.15) is 5.56 Å². The molecule has 0 unspecified atom stereocenters. The van der Waals surface area contributed by atoms with E-state index in [4.69, 9.17) is 28.5 Å². The highest BCUT2D eigenvalue weighted by Crippen LogP contribution is 2.35. The first-order valence-electron chi connectivity index (χ1n) is 8.11. The number of aromatic nitrogens is 6. The number of aryl methyl sites for hydroxylation is 1. The van der Waals surface area contributed by atoms with Crippen molar-refractivity contribution < 1.29 is 4.79 Å². The number of imidazole rings is 1. The number of rotatable bonds is 3. The summed E-state index contributed by atoms with van der Waals surface area (Å²) in [6.45, 7) is 0. The molecule has 2 N–H and O–H groups in total. The van der Waals surface area contributed by atoms with Crippen molar-refractivity contribution in [3.05, 3.63) is 52.9 Å². The number of halogens is 2. The van der Waals surface area contributed by atoms with Gasteiger partial charge in [0.1, 0.15) is 11.2 Å². The molecule has 0 saturated heterocycles. The van der Waals surface area contributed by atoms with Gasteiger partial charge in [-0.3, -0.25) is 9.67 Å². The molecule has 0 atom stereocenters. The molecule has 10 nitrogen and oxygen atoms in total. The fourth-order valence-corrected chi connectivity index (χ4v) is 3.19. The zero-order chi connectivity index (χ0) is 20.5. The third kappa shape index (κ3) is 3.69. The largest absolute Gasteiger partial charge is 0.323 e. The van der Waals surface area contributed by atoms with Crippen LogP contribution in [-0.2, 0) is 7.05 Å². The van der Waals surface area contributed by atoms with Crippen LogP contribution in [0.25, 0.3) is 16.8 Å². The van der Waals surface area contributed by atoms with Crippen molar-refractivity contribution in [3.8, 4) is 17.2 Å². The number of anilines is 2. The van der Waals surface area contributed by atoms with Crippen LogP contribution in [0, 0.1) is 11.3 Å². The van der Waals surface area contributed by atoms with E-state index in [0.717, 1.165) is 0 Å². The molecule has 0 aliphatic rings. The van der Waals surface area contributed by atoms with Gasteiger partial charge in [-0.2, -0.15) is 15.5 Å². The van der Waals surface area contributed by atoms with E-state index in [-0.39, 0.29) is 10.3 Å². The number of fused-ring (bicyclic) bond motifs is 1. The quantitative estimate of drug-likeness (QED) is 0.516. The molecule has 4 aromatic rings. The first kappa shape index (κ1) is 18.7. The highest BCUT2D eigenvalue weighted by atomic mass is 35.5. The number of nitrogens with zero attached hydrogens (tertiary/aromatic N) is 7. The van der Waals surface area contributed by atoms with Gasteiger partial charge in [-0.05, 0) is 6.07 Å². The number of hydrogen-bond donors (Lipinski definition) is 2. The number of nitriles is 1. The van der Waals surface area contributed by atoms with E-state index in [0.29, 0.717) is 33.7 Å². The lowest BCUT2D eigenvalue weighted by molar-refractivity contribution is 0.262. The van der Waals surface area contributed by atoms with Crippen LogP contribution in [0.15, 0.2) is 37.1 Å². The maximum Gasteiger partial charge on any atom is 0.323 e. The number of pyridine rings is 1. The van der Waals surface area contributed by atoms with Crippen LogP contribution in [0.5, 0.6) is 0 Å². The minimum atomic E-state index is -0.563. The zero-order valence-electron chi connectivity index (χ0n) is 14.8. The number of hydrogen-bond acceptors (Lipinski definition) is 6. The minimum absolute atomic E-state index is 0.231. The lowest BCUT2D eigenvalue weighted by Crippen LogP contribution is -2.20. The summed E-state index contributed by atoms with van der Waals surface area (Å²) in [6, 6.07) is 2.90. The second-order valence-electron chi connectivity index (χ2n) is 5.93. The number of urea groups is 1. The zero-order valence-corrected chi connectivity index (χ0v) is 16.3. The summed E-state index contributed by atoms with van der Waals surface area (Å²) in [5.41, 5.74) is 2.48. The Labute approximate surface area is 173 Å². The fraction of sp³-hybridized carbons (Fsp3) is 0.0588. The summed E-state index contributed by atoms with van der Waals surface area (Å²) in [6.07, 6.45) is 7.50. The first-order chi connectivity index (χ1) is 13.9. The normalized spacial score (nSPS) is 10.7. The van der Waals surface area contributed by atoms with E-state index < -0.39 is 6.03 Å². The van der Waals surface area contributed by atoms with Crippen molar-refractivity contribution >= 4 is 46.3 Å². The van der Waals surface area contributed by atoms with Gasteiger partial charge in [0, 0.05) is 25.0 Å². The minimum Gasteiger partial charge on any atom is -0.306 e. The molecule has 0 aliphatic carbocycles. The van der Waals surface area contributed by atoms with Crippen LogP contribution in [0.2, 0.25) is 10.3 Å². The van der Waals surface area contributed by atoms with Gasteiger partial charge in [0.15, 0.2) is 10.8 Å². The van der Waals surface area contributed by atoms with Crippen LogP contribution in [-0.4, -0.2) is 35.4 Å². The van der Waals surface area contributed by atoms with E-state index in [1.165, 1.54) is 35.4 Å². The molecule has 4 aromatic heterocycles. The Hall–Kier alpha value is -3.68. The van der Waals surface area contributed by atoms with Gasteiger partial charge in [0.2, 0.25) is 0 Å². The molecule has 4 heterocycles. The topological polar surface area (TPSA) is 126 Å². The molecule has 2 amide bonds. The van der Waals surface area contributed by atoms with Gasteiger partial charge >= 0.3 is 6.03 Å². The van der Waals surface area contributed by atoms with Crippen LogP contribution in [0.3, 0.4) is 0 Å². The van der Waals surface area contributed by atoms with Gasteiger partial charge < -0.3 is 10.6 Å². The van der Waals surface area contributed by atoms with Gasteiger partial charge in [-0.1, -0.05) is 23.2 Å². The number of amides is 2. The molecular formula is C17H11Cl2N9O. The van der Waals surface area contributed by atoms with Crippen LogP contribution in [0.4, 0.5) is 16.2 Å². The molecule has 12 heteroatoms. The van der Waals surface area contributed by atoms with Crippen molar-refractivity contribution in [1.29, 1.82) is 5.26 Å². The Bertz CT molecular complexity index is 1290. The highest BCUT2D eigenvalue weighted by Gasteiger charge is 2.20. The fourth-order valence-electron chi connectivity index (χ4n) is 2.75. The van der Waals surface area contributed by atoms with Gasteiger partial charge in [-0.25, -0.2) is 14.3 Å². The predicted molar refractivity (Wildman–Crippen MR) is 107 cm³/mol. The Morgan fingerprint density at radius 1 is 1.21 bits per heavy atom. The Morgan fingerprint density at radius 3 is 2.76 bits per heavy atom. The average Bonchev–Trinajstić information content (AvgIpc) is 3.22. The maximum atomic E-state index is 12.5.